The van der Waals surface area contributed by atoms with Crippen LogP contribution >= 0.6 is 0 Å². The number of hydrogen-bond donors (Lipinski definition) is 0. The Bertz CT molecular complexity index is 1350. The lowest BCUT2D eigenvalue weighted by molar-refractivity contribution is 1.25. The van der Waals surface area contributed by atoms with Crippen molar-refractivity contribution in [2.24, 2.45) is 0 Å². The molecule has 0 aliphatic rings. The molecule has 0 aliphatic carbocycles. The third-order valence-corrected chi connectivity index (χ3v) is 5.28. The predicted octanol–water partition coefficient (Wildman–Crippen LogP) is 7.04. The minimum Gasteiger partial charge on any atom is -0.264 e. The molecule has 0 spiro atoms. The Kier molecular flexibility index (Phi) is 5.62. The van der Waals surface area contributed by atoms with E-state index in [0.717, 1.165) is 44.8 Å². The summed E-state index contributed by atoms with van der Waals surface area (Å²) < 4.78 is 0. The van der Waals surface area contributed by atoms with Gasteiger partial charge in [0.15, 0.2) is 0 Å². The maximum atomic E-state index is 4.91. The predicted molar refractivity (Wildman–Crippen MR) is 132 cm³/mol. The van der Waals surface area contributed by atoms with Crippen LogP contribution in [0.1, 0.15) is 11.1 Å². The fourth-order valence-corrected chi connectivity index (χ4v) is 3.70. The van der Waals surface area contributed by atoms with Gasteiger partial charge in [-0.3, -0.25) is 15.0 Å². The van der Waals surface area contributed by atoms with Gasteiger partial charge in [0.1, 0.15) is 0 Å². The molecule has 152 valence electrons. The van der Waals surface area contributed by atoms with E-state index in [-0.39, 0.29) is 0 Å². The van der Waals surface area contributed by atoms with E-state index in [2.05, 4.69) is 58.5 Å². The van der Waals surface area contributed by atoms with Crippen LogP contribution < -0.4 is 0 Å². The summed E-state index contributed by atoms with van der Waals surface area (Å²) in [6.07, 6.45) is 11.6. The van der Waals surface area contributed by atoms with Gasteiger partial charge in [-0.1, -0.05) is 72.8 Å². The molecule has 3 heteroatoms. The smallest absolute Gasteiger partial charge is 0.0811 e. The van der Waals surface area contributed by atoms with E-state index < -0.39 is 0 Å². The van der Waals surface area contributed by atoms with Crippen molar-refractivity contribution in [3.05, 3.63) is 127 Å². The van der Waals surface area contributed by atoms with Crippen LogP contribution in [0.3, 0.4) is 0 Å². The topological polar surface area (TPSA) is 38.7 Å². The minimum atomic E-state index is 0.870. The number of aromatic nitrogens is 3. The summed E-state index contributed by atoms with van der Waals surface area (Å²) in [6.45, 7) is 0. The van der Waals surface area contributed by atoms with Crippen molar-refractivity contribution < 1.29 is 0 Å². The fourth-order valence-electron chi connectivity index (χ4n) is 3.70. The van der Waals surface area contributed by atoms with Crippen LogP contribution in [0.25, 0.3) is 45.8 Å². The Hall–Kier alpha value is -4.37. The monoisotopic (exact) mass is 411 g/mol. The molecule has 5 aromatic rings. The Balaban J connectivity index is 1.67. The normalized spacial score (nSPS) is 11.0. The highest BCUT2D eigenvalue weighted by Gasteiger charge is 2.14. The molecule has 0 amide bonds. The molecular weight excluding hydrogens is 390 g/mol. The van der Waals surface area contributed by atoms with E-state index in [9.17, 15) is 0 Å². The van der Waals surface area contributed by atoms with Crippen molar-refractivity contribution in [3.63, 3.8) is 0 Å². The Morgan fingerprint density at radius 3 is 2.06 bits per heavy atom. The Labute approximate surface area is 187 Å². The lowest BCUT2D eigenvalue weighted by Crippen LogP contribution is -1.95. The van der Waals surface area contributed by atoms with E-state index in [0.29, 0.717) is 0 Å². The van der Waals surface area contributed by atoms with Crippen molar-refractivity contribution in [1.29, 1.82) is 0 Å². The average molecular weight is 412 g/mol. The van der Waals surface area contributed by atoms with Gasteiger partial charge in [0, 0.05) is 47.0 Å². The van der Waals surface area contributed by atoms with E-state index >= 15 is 0 Å². The lowest BCUT2D eigenvalue weighted by atomic mass is 9.97. The standard InChI is InChI=1S/C29H21N3/c1-3-9-22(10-4-1)15-16-24-19-26(23-11-5-2-6-12-23)21-32-28(24)27-14-8-18-31-29(27)25-13-7-17-30-20-25/h1-21H. The highest BCUT2D eigenvalue weighted by atomic mass is 14.7. The van der Waals surface area contributed by atoms with Crippen LogP contribution in [0.15, 0.2) is 116 Å². The second-order valence-corrected chi connectivity index (χ2v) is 7.41. The van der Waals surface area contributed by atoms with Crippen molar-refractivity contribution in [3.8, 4) is 33.6 Å². The maximum Gasteiger partial charge on any atom is 0.0811 e. The highest BCUT2D eigenvalue weighted by Crippen LogP contribution is 2.33. The van der Waals surface area contributed by atoms with Crippen LogP contribution in [0.2, 0.25) is 0 Å². The van der Waals surface area contributed by atoms with Crippen LogP contribution in [0.4, 0.5) is 0 Å². The molecule has 0 atom stereocenters. The SMILES string of the molecule is C(=Cc1cc(-c2ccccc2)cnc1-c1cccnc1-c1cccnc1)c1ccccc1. The molecule has 0 N–H and O–H groups in total. The molecule has 0 fully saturated rings. The quantitative estimate of drug-likeness (QED) is 0.311. The minimum absolute atomic E-state index is 0.870. The molecule has 32 heavy (non-hydrogen) atoms. The number of nitrogens with zero attached hydrogens (tertiary/aromatic N) is 3. The van der Waals surface area contributed by atoms with E-state index in [4.69, 9.17) is 4.98 Å². The zero-order chi connectivity index (χ0) is 21.6. The summed E-state index contributed by atoms with van der Waals surface area (Å²) >= 11 is 0. The molecular formula is C29H21N3. The average Bonchev–Trinajstić information content (AvgIpc) is 2.89. The van der Waals surface area contributed by atoms with Crippen LogP contribution in [0.5, 0.6) is 0 Å². The van der Waals surface area contributed by atoms with Gasteiger partial charge in [0.2, 0.25) is 0 Å². The number of benzene rings is 2. The van der Waals surface area contributed by atoms with Crippen molar-refractivity contribution in [2.75, 3.05) is 0 Å². The first kappa shape index (κ1) is 19.6. The van der Waals surface area contributed by atoms with Gasteiger partial charge < -0.3 is 0 Å². The molecule has 3 nitrogen and oxygen atoms in total. The first-order chi connectivity index (χ1) is 15.9. The van der Waals surface area contributed by atoms with Crippen LogP contribution in [-0.4, -0.2) is 15.0 Å². The second-order valence-electron chi connectivity index (χ2n) is 7.41. The first-order valence-electron chi connectivity index (χ1n) is 10.5. The van der Waals surface area contributed by atoms with Gasteiger partial charge in [0.05, 0.1) is 11.4 Å². The van der Waals surface area contributed by atoms with Gasteiger partial charge in [-0.2, -0.15) is 0 Å². The van der Waals surface area contributed by atoms with Crippen LogP contribution in [0, 0.1) is 0 Å². The van der Waals surface area contributed by atoms with Crippen LogP contribution in [-0.2, 0) is 0 Å². The molecule has 2 aromatic carbocycles. The Morgan fingerprint density at radius 2 is 1.28 bits per heavy atom. The van der Waals surface area contributed by atoms with E-state index in [1.54, 1.807) is 6.20 Å². The second kappa shape index (κ2) is 9.19. The van der Waals surface area contributed by atoms with Gasteiger partial charge >= 0.3 is 0 Å². The summed E-state index contributed by atoms with van der Waals surface area (Å²) in [5, 5.41) is 0. The molecule has 0 radical (unpaired) electrons. The summed E-state index contributed by atoms with van der Waals surface area (Å²) in [6, 6.07) is 30.8. The molecule has 0 saturated carbocycles. The fraction of sp³-hybridized carbons (Fsp3) is 0. The highest BCUT2D eigenvalue weighted by molar-refractivity contribution is 5.87. The Morgan fingerprint density at radius 1 is 0.531 bits per heavy atom. The van der Waals surface area contributed by atoms with Gasteiger partial charge in [-0.15, -0.1) is 0 Å². The summed E-state index contributed by atoms with van der Waals surface area (Å²) in [5.41, 5.74) is 8.10. The van der Waals surface area contributed by atoms with Gasteiger partial charge in [0.25, 0.3) is 0 Å². The molecule has 3 heterocycles. The molecule has 0 saturated heterocycles. The zero-order valence-corrected chi connectivity index (χ0v) is 17.5. The summed E-state index contributed by atoms with van der Waals surface area (Å²) in [4.78, 5) is 13.8. The molecule has 0 aliphatic heterocycles. The molecule has 3 aromatic heterocycles. The van der Waals surface area contributed by atoms with Crippen molar-refractivity contribution in [1.82, 2.24) is 15.0 Å². The molecule has 5 rings (SSSR count). The lowest BCUT2D eigenvalue weighted by Gasteiger charge is -2.12. The zero-order valence-electron chi connectivity index (χ0n) is 17.5. The van der Waals surface area contributed by atoms with Gasteiger partial charge in [-0.25, -0.2) is 0 Å². The third kappa shape index (κ3) is 4.23. The number of pyridine rings is 3. The largest absolute Gasteiger partial charge is 0.264 e. The first-order valence-corrected chi connectivity index (χ1v) is 10.5. The molecule has 0 bridgehead atoms. The molecule has 0 unspecified atom stereocenters. The number of rotatable bonds is 5. The van der Waals surface area contributed by atoms with Crippen molar-refractivity contribution in [2.45, 2.75) is 0 Å². The van der Waals surface area contributed by atoms with E-state index in [1.807, 2.05) is 73.2 Å². The maximum absolute atomic E-state index is 4.91. The van der Waals surface area contributed by atoms with Gasteiger partial charge in [-0.05, 0) is 41.5 Å². The number of hydrogen-bond acceptors (Lipinski definition) is 3. The van der Waals surface area contributed by atoms with Crippen molar-refractivity contribution >= 4 is 12.2 Å². The summed E-state index contributed by atoms with van der Waals surface area (Å²) in [5.74, 6) is 0. The third-order valence-electron chi connectivity index (χ3n) is 5.28. The van der Waals surface area contributed by atoms with E-state index in [1.165, 1.54) is 0 Å². The summed E-state index contributed by atoms with van der Waals surface area (Å²) in [7, 11) is 0.